The van der Waals surface area contributed by atoms with Gasteiger partial charge in [-0.15, -0.1) is 0 Å². The summed E-state index contributed by atoms with van der Waals surface area (Å²) in [5.74, 6) is 0.867. The summed E-state index contributed by atoms with van der Waals surface area (Å²) < 4.78 is 36.7. The van der Waals surface area contributed by atoms with Crippen LogP contribution >= 0.6 is 0 Å². The molecule has 0 aliphatic heterocycles. The van der Waals surface area contributed by atoms with Gasteiger partial charge in [0, 0.05) is 12.6 Å². The van der Waals surface area contributed by atoms with Gasteiger partial charge in [-0.05, 0) is 26.8 Å². The van der Waals surface area contributed by atoms with Crippen LogP contribution in [0.3, 0.4) is 0 Å². The summed E-state index contributed by atoms with van der Waals surface area (Å²) in [6.07, 6.45) is 0. The zero-order valence-corrected chi connectivity index (χ0v) is 15.2. The van der Waals surface area contributed by atoms with E-state index in [9.17, 15) is 8.42 Å². The third-order valence-electron chi connectivity index (χ3n) is 3.74. The van der Waals surface area contributed by atoms with Gasteiger partial charge in [-0.25, -0.2) is 8.42 Å². The molecule has 0 radical (unpaired) electrons. The maximum Gasteiger partial charge on any atom is 0.248 e. The Labute approximate surface area is 145 Å². The summed E-state index contributed by atoms with van der Waals surface area (Å²) in [4.78, 5) is 4.34. The number of rotatable bonds is 5. The quantitative estimate of drug-likeness (QED) is 0.687. The molecule has 0 bridgehead atoms. The second-order valence-corrected chi connectivity index (χ2v) is 7.78. The molecule has 1 aromatic carbocycles. The average molecular weight is 362 g/mol. The van der Waals surface area contributed by atoms with Gasteiger partial charge >= 0.3 is 0 Å². The topological polar surface area (TPSA) is 102 Å². The van der Waals surface area contributed by atoms with Gasteiger partial charge in [0.05, 0.1) is 6.54 Å². The van der Waals surface area contributed by atoms with Crippen molar-refractivity contribution in [2.75, 3.05) is 7.05 Å². The van der Waals surface area contributed by atoms with Crippen molar-refractivity contribution in [2.24, 2.45) is 0 Å². The van der Waals surface area contributed by atoms with E-state index in [1.807, 2.05) is 31.2 Å². The van der Waals surface area contributed by atoms with Crippen LogP contribution in [0.15, 0.2) is 38.2 Å². The molecular weight excluding hydrogens is 344 g/mol. The standard InChI is InChI=1S/C16H18N4O4S/c1-10-6-5-7-13(8-10)16-17-14(24-19-16)9-20(4)25(21,22)15-11(2)18-23-12(15)3/h5-8H,9H2,1-4H3. The molecule has 3 rings (SSSR count). The molecule has 0 aliphatic carbocycles. The second-order valence-electron chi connectivity index (χ2n) is 5.80. The van der Waals surface area contributed by atoms with E-state index in [1.165, 1.54) is 7.05 Å². The fourth-order valence-corrected chi connectivity index (χ4v) is 3.90. The molecule has 2 aromatic heterocycles. The minimum atomic E-state index is -3.77. The van der Waals surface area contributed by atoms with E-state index in [1.54, 1.807) is 13.8 Å². The Hall–Kier alpha value is -2.52. The molecule has 2 heterocycles. The lowest BCUT2D eigenvalue weighted by Gasteiger charge is -2.14. The van der Waals surface area contributed by atoms with E-state index in [-0.39, 0.29) is 23.1 Å². The number of sulfonamides is 1. The summed E-state index contributed by atoms with van der Waals surface area (Å²) in [7, 11) is -2.33. The molecule has 0 unspecified atom stereocenters. The van der Waals surface area contributed by atoms with E-state index in [0.717, 1.165) is 15.4 Å². The summed E-state index contributed by atoms with van der Waals surface area (Å²) in [5, 5.41) is 7.61. The molecule has 3 aromatic rings. The van der Waals surface area contributed by atoms with Crippen LogP contribution in [0, 0.1) is 20.8 Å². The highest BCUT2D eigenvalue weighted by Gasteiger charge is 2.29. The van der Waals surface area contributed by atoms with Crippen LogP contribution in [-0.2, 0) is 16.6 Å². The first-order valence-corrected chi connectivity index (χ1v) is 9.02. The summed E-state index contributed by atoms with van der Waals surface area (Å²) in [6, 6.07) is 7.66. The molecule has 8 nitrogen and oxygen atoms in total. The normalized spacial score (nSPS) is 12.0. The lowest BCUT2D eigenvalue weighted by Crippen LogP contribution is -2.27. The minimum absolute atomic E-state index is 0.0504. The molecule has 0 spiro atoms. The Balaban J connectivity index is 1.83. The van der Waals surface area contributed by atoms with Crippen molar-refractivity contribution in [3.05, 3.63) is 47.2 Å². The predicted molar refractivity (Wildman–Crippen MR) is 89.1 cm³/mol. The van der Waals surface area contributed by atoms with Crippen molar-refractivity contribution >= 4 is 10.0 Å². The number of hydrogen-bond acceptors (Lipinski definition) is 7. The third-order valence-corrected chi connectivity index (χ3v) is 5.79. The summed E-state index contributed by atoms with van der Waals surface area (Å²) in [5.41, 5.74) is 2.20. The van der Waals surface area contributed by atoms with Crippen molar-refractivity contribution in [3.8, 4) is 11.4 Å². The predicted octanol–water partition coefficient (Wildman–Crippen LogP) is 2.47. The SMILES string of the molecule is Cc1cccc(-c2noc(CN(C)S(=O)(=O)c3c(C)noc3C)n2)c1. The molecule has 0 saturated heterocycles. The van der Waals surface area contributed by atoms with Gasteiger partial charge in [-0.2, -0.15) is 9.29 Å². The smallest absolute Gasteiger partial charge is 0.248 e. The first-order valence-electron chi connectivity index (χ1n) is 7.58. The Morgan fingerprint density at radius 2 is 1.88 bits per heavy atom. The molecule has 25 heavy (non-hydrogen) atoms. The van der Waals surface area contributed by atoms with Crippen molar-refractivity contribution in [2.45, 2.75) is 32.2 Å². The highest BCUT2D eigenvalue weighted by molar-refractivity contribution is 7.89. The molecule has 0 amide bonds. The lowest BCUT2D eigenvalue weighted by molar-refractivity contribution is 0.336. The number of aryl methyl sites for hydroxylation is 3. The van der Waals surface area contributed by atoms with Crippen molar-refractivity contribution in [3.63, 3.8) is 0 Å². The molecule has 0 fully saturated rings. The van der Waals surface area contributed by atoms with Crippen molar-refractivity contribution in [1.29, 1.82) is 0 Å². The largest absolute Gasteiger partial charge is 0.360 e. The van der Waals surface area contributed by atoms with Crippen LogP contribution in [0.4, 0.5) is 0 Å². The van der Waals surface area contributed by atoms with Crippen LogP contribution in [0.5, 0.6) is 0 Å². The summed E-state index contributed by atoms with van der Waals surface area (Å²) in [6.45, 7) is 5.06. The van der Waals surface area contributed by atoms with E-state index in [2.05, 4.69) is 15.3 Å². The Morgan fingerprint density at radius 1 is 1.12 bits per heavy atom. The third kappa shape index (κ3) is 3.33. The Bertz CT molecular complexity index is 987. The molecule has 9 heteroatoms. The molecule has 0 atom stereocenters. The van der Waals surface area contributed by atoms with Crippen LogP contribution in [0.25, 0.3) is 11.4 Å². The Kier molecular flexibility index (Phi) is 4.44. The second kappa shape index (κ2) is 6.41. The fraction of sp³-hybridized carbons (Fsp3) is 0.312. The maximum absolute atomic E-state index is 12.7. The zero-order chi connectivity index (χ0) is 18.2. The highest BCUT2D eigenvalue weighted by Crippen LogP contribution is 2.24. The molecule has 132 valence electrons. The number of hydrogen-bond donors (Lipinski definition) is 0. The van der Waals surface area contributed by atoms with Crippen molar-refractivity contribution < 1.29 is 17.5 Å². The number of aromatic nitrogens is 3. The highest BCUT2D eigenvalue weighted by atomic mass is 32.2. The number of nitrogens with zero attached hydrogens (tertiary/aromatic N) is 4. The first-order chi connectivity index (χ1) is 11.8. The number of benzene rings is 1. The van der Waals surface area contributed by atoms with Crippen LogP contribution in [0.1, 0.15) is 22.9 Å². The first kappa shape index (κ1) is 17.3. The van der Waals surface area contributed by atoms with Crippen molar-refractivity contribution in [1.82, 2.24) is 19.6 Å². The lowest BCUT2D eigenvalue weighted by atomic mass is 10.1. The van der Waals surface area contributed by atoms with E-state index in [0.29, 0.717) is 11.5 Å². The molecular formula is C16H18N4O4S. The van der Waals surface area contributed by atoms with E-state index in [4.69, 9.17) is 9.05 Å². The van der Waals surface area contributed by atoms with Gasteiger partial charge < -0.3 is 9.05 Å². The van der Waals surface area contributed by atoms with Crippen LogP contribution in [0.2, 0.25) is 0 Å². The van der Waals surface area contributed by atoms with E-state index >= 15 is 0 Å². The maximum atomic E-state index is 12.7. The molecule has 0 aliphatic rings. The average Bonchev–Trinajstić information content (AvgIpc) is 3.14. The van der Waals surface area contributed by atoms with Gasteiger partial charge in [-0.1, -0.05) is 34.1 Å². The summed E-state index contributed by atoms with van der Waals surface area (Å²) >= 11 is 0. The Morgan fingerprint density at radius 3 is 2.52 bits per heavy atom. The zero-order valence-electron chi connectivity index (χ0n) is 14.3. The fourth-order valence-electron chi connectivity index (χ4n) is 2.49. The van der Waals surface area contributed by atoms with Gasteiger partial charge in [0.2, 0.25) is 21.7 Å². The minimum Gasteiger partial charge on any atom is -0.360 e. The van der Waals surface area contributed by atoms with E-state index < -0.39 is 10.0 Å². The van der Waals surface area contributed by atoms with Gasteiger partial charge in [0.25, 0.3) is 0 Å². The molecule has 0 N–H and O–H groups in total. The van der Waals surface area contributed by atoms with Crippen LogP contribution < -0.4 is 0 Å². The van der Waals surface area contributed by atoms with Gasteiger partial charge in [0.15, 0.2) is 5.76 Å². The monoisotopic (exact) mass is 362 g/mol. The van der Waals surface area contributed by atoms with Gasteiger partial charge in [-0.3, -0.25) is 0 Å². The van der Waals surface area contributed by atoms with Gasteiger partial charge in [0.1, 0.15) is 10.6 Å². The van der Waals surface area contributed by atoms with Crippen LogP contribution in [-0.4, -0.2) is 35.1 Å². The molecule has 0 saturated carbocycles.